The summed E-state index contributed by atoms with van der Waals surface area (Å²) in [6, 6.07) is 5.73. The quantitative estimate of drug-likeness (QED) is 0.919. The third-order valence-electron chi connectivity index (χ3n) is 3.99. The fraction of sp³-hybridized carbons (Fsp3) is 0.471. The standard InChI is InChI=1S/C17H22N4O2/c1-2-23-11-16(22)20-13-6-7-15-14(10-13)17(19-12-18-15)21-8-4-3-5-9-21/h6-7,10,12H,2-5,8-9,11H2,1H3,(H,20,22). The Labute approximate surface area is 135 Å². The summed E-state index contributed by atoms with van der Waals surface area (Å²) in [5.74, 6) is 0.804. The average Bonchev–Trinajstić information content (AvgIpc) is 2.60. The smallest absolute Gasteiger partial charge is 0.250 e. The number of fused-ring (bicyclic) bond motifs is 1. The SMILES string of the molecule is CCOCC(=O)Nc1ccc2ncnc(N3CCCCC3)c2c1. The number of anilines is 2. The maximum atomic E-state index is 11.8. The van der Waals surface area contributed by atoms with Gasteiger partial charge in [0.2, 0.25) is 5.91 Å². The number of nitrogens with zero attached hydrogens (tertiary/aromatic N) is 3. The van der Waals surface area contributed by atoms with Crippen molar-refractivity contribution >= 4 is 28.3 Å². The molecule has 0 unspecified atom stereocenters. The number of ether oxygens (including phenoxy) is 1. The molecule has 1 aliphatic rings. The van der Waals surface area contributed by atoms with E-state index in [-0.39, 0.29) is 12.5 Å². The summed E-state index contributed by atoms with van der Waals surface area (Å²) in [5, 5.41) is 3.84. The predicted molar refractivity (Wildman–Crippen MR) is 90.7 cm³/mol. The third kappa shape index (κ3) is 3.76. The van der Waals surface area contributed by atoms with Gasteiger partial charge < -0.3 is 15.0 Å². The normalized spacial score (nSPS) is 14.9. The Morgan fingerprint density at radius 1 is 1.26 bits per heavy atom. The average molecular weight is 314 g/mol. The van der Waals surface area contributed by atoms with Crippen molar-refractivity contribution in [2.24, 2.45) is 0 Å². The van der Waals surface area contributed by atoms with Crippen molar-refractivity contribution in [3.63, 3.8) is 0 Å². The number of carbonyl (C=O) groups excluding carboxylic acids is 1. The Bertz CT molecular complexity index is 683. The maximum absolute atomic E-state index is 11.8. The summed E-state index contributed by atoms with van der Waals surface area (Å²) in [6.45, 7) is 4.50. The van der Waals surface area contributed by atoms with E-state index in [9.17, 15) is 4.79 Å². The number of nitrogens with one attached hydrogen (secondary N) is 1. The lowest BCUT2D eigenvalue weighted by Gasteiger charge is -2.28. The second-order valence-corrected chi connectivity index (χ2v) is 5.66. The molecule has 2 heterocycles. The van der Waals surface area contributed by atoms with E-state index in [4.69, 9.17) is 4.74 Å². The Kier molecular flexibility index (Phi) is 5.02. The summed E-state index contributed by atoms with van der Waals surface area (Å²) in [4.78, 5) is 22.9. The number of amides is 1. The molecular formula is C17H22N4O2. The molecular weight excluding hydrogens is 292 g/mol. The van der Waals surface area contributed by atoms with Crippen LogP contribution in [-0.2, 0) is 9.53 Å². The molecule has 3 rings (SSSR count). The van der Waals surface area contributed by atoms with Gasteiger partial charge >= 0.3 is 0 Å². The summed E-state index contributed by atoms with van der Waals surface area (Å²) >= 11 is 0. The molecule has 2 aromatic rings. The van der Waals surface area contributed by atoms with Crippen LogP contribution in [0, 0.1) is 0 Å². The second-order valence-electron chi connectivity index (χ2n) is 5.66. The minimum Gasteiger partial charge on any atom is -0.372 e. The Hall–Kier alpha value is -2.21. The minimum absolute atomic E-state index is 0.0683. The van der Waals surface area contributed by atoms with Crippen LogP contribution in [0.15, 0.2) is 24.5 Å². The Morgan fingerprint density at radius 2 is 2.09 bits per heavy atom. The lowest BCUT2D eigenvalue weighted by molar-refractivity contribution is -0.120. The zero-order valence-electron chi connectivity index (χ0n) is 13.4. The van der Waals surface area contributed by atoms with Gasteiger partial charge in [0.25, 0.3) is 0 Å². The molecule has 0 atom stereocenters. The molecule has 0 radical (unpaired) electrons. The highest BCUT2D eigenvalue weighted by molar-refractivity contribution is 5.97. The summed E-state index contributed by atoms with van der Waals surface area (Å²) in [6.07, 6.45) is 5.27. The summed E-state index contributed by atoms with van der Waals surface area (Å²) in [5.41, 5.74) is 1.64. The van der Waals surface area contributed by atoms with Crippen LogP contribution in [0.2, 0.25) is 0 Å². The van der Waals surface area contributed by atoms with Gasteiger partial charge in [0.1, 0.15) is 18.8 Å². The number of aromatic nitrogens is 2. The largest absolute Gasteiger partial charge is 0.372 e. The monoisotopic (exact) mass is 314 g/mol. The number of benzene rings is 1. The van der Waals surface area contributed by atoms with Gasteiger partial charge in [-0.2, -0.15) is 0 Å². The van der Waals surface area contributed by atoms with Crippen molar-refractivity contribution in [3.8, 4) is 0 Å². The minimum atomic E-state index is -0.150. The van der Waals surface area contributed by atoms with Crippen LogP contribution < -0.4 is 10.2 Å². The lowest BCUT2D eigenvalue weighted by atomic mass is 10.1. The highest BCUT2D eigenvalue weighted by Gasteiger charge is 2.15. The molecule has 23 heavy (non-hydrogen) atoms. The van der Waals surface area contributed by atoms with Gasteiger partial charge in [-0.1, -0.05) is 0 Å². The van der Waals surface area contributed by atoms with Gasteiger partial charge in [0.05, 0.1) is 5.52 Å². The lowest BCUT2D eigenvalue weighted by Crippen LogP contribution is -2.30. The number of carbonyl (C=O) groups is 1. The first-order valence-corrected chi connectivity index (χ1v) is 8.15. The van der Waals surface area contributed by atoms with E-state index in [2.05, 4.69) is 20.2 Å². The summed E-state index contributed by atoms with van der Waals surface area (Å²) < 4.78 is 5.13. The number of hydrogen-bond acceptors (Lipinski definition) is 5. The molecule has 6 nitrogen and oxygen atoms in total. The molecule has 6 heteroatoms. The maximum Gasteiger partial charge on any atom is 0.250 e. The number of hydrogen-bond donors (Lipinski definition) is 1. The molecule has 1 aliphatic heterocycles. The van der Waals surface area contributed by atoms with E-state index in [1.54, 1.807) is 6.33 Å². The van der Waals surface area contributed by atoms with E-state index >= 15 is 0 Å². The predicted octanol–water partition coefficient (Wildman–Crippen LogP) is 2.60. The Morgan fingerprint density at radius 3 is 2.87 bits per heavy atom. The van der Waals surface area contributed by atoms with E-state index in [0.717, 1.165) is 35.5 Å². The van der Waals surface area contributed by atoms with Gasteiger partial charge in [-0.05, 0) is 44.4 Å². The molecule has 1 fully saturated rings. The van der Waals surface area contributed by atoms with Gasteiger partial charge in [-0.15, -0.1) is 0 Å². The van der Waals surface area contributed by atoms with Gasteiger partial charge in [0, 0.05) is 30.8 Å². The van der Waals surface area contributed by atoms with Crippen LogP contribution in [0.1, 0.15) is 26.2 Å². The zero-order chi connectivity index (χ0) is 16.1. The molecule has 1 aromatic carbocycles. The van der Waals surface area contributed by atoms with Crippen molar-refractivity contribution in [2.45, 2.75) is 26.2 Å². The van der Waals surface area contributed by atoms with E-state index in [1.807, 2.05) is 25.1 Å². The zero-order valence-corrected chi connectivity index (χ0v) is 13.4. The van der Waals surface area contributed by atoms with Crippen molar-refractivity contribution in [1.82, 2.24) is 9.97 Å². The van der Waals surface area contributed by atoms with Gasteiger partial charge in [0.15, 0.2) is 0 Å². The van der Waals surface area contributed by atoms with Crippen LogP contribution in [0.25, 0.3) is 10.9 Å². The van der Waals surface area contributed by atoms with Crippen molar-refractivity contribution in [2.75, 3.05) is 36.5 Å². The highest BCUT2D eigenvalue weighted by atomic mass is 16.5. The molecule has 1 saturated heterocycles. The third-order valence-corrected chi connectivity index (χ3v) is 3.99. The van der Waals surface area contributed by atoms with E-state index < -0.39 is 0 Å². The molecule has 122 valence electrons. The highest BCUT2D eigenvalue weighted by Crippen LogP contribution is 2.27. The summed E-state index contributed by atoms with van der Waals surface area (Å²) in [7, 11) is 0. The van der Waals surface area contributed by atoms with E-state index in [0.29, 0.717) is 6.61 Å². The van der Waals surface area contributed by atoms with Gasteiger partial charge in [-0.25, -0.2) is 9.97 Å². The van der Waals surface area contributed by atoms with Crippen molar-refractivity contribution in [1.29, 1.82) is 0 Å². The first kappa shape index (κ1) is 15.7. The Balaban J connectivity index is 1.86. The molecule has 0 saturated carbocycles. The van der Waals surface area contributed by atoms with Crippen LogP contribution in [0.3, 0.4) is 0 Å². The van der Waals surface area contributed by atoms with Crippen molar-refractivity contribution < 1.29 is 9.53 Å². The van der Waals surface area contributed by atoms with Crippen LogP contribution >= 0.6 is 0 Å². The first-order chi connectivity index (χ1) is 11.3. The van der Waals surface area contributed by atoms with Crippen LogP contribution in [-0.4, -0.2) is 42.2 Å². The fourth-order valence-corrected chi connectivity index (χ4v) is 2.87. The number of piperidine rings is 1. The number of rotatable bonds is 5. The van der Waals surface area contributed by atoms with Crippen molar-refractivity contribution in [3.05, 3.63) is 24.5 Å². The second kappa shape index (κ2) is 7.37. The van der Waals surface area contributed by atoms with Crippen LogP contribution in [0.4, 0.5) is 11.5 Å². The molecule has 1 N–H and O–H groups in total. The fourth-order valence-electron chi connectivity index (χ4n) is 2.87. The molecule has 0 aliphatic carbocycles. The van der Waals surface area contributed by atoms with Crippen LogP contribution in [0.5, 0.6) is 0 Å². The first-order valence-electron chi connectivity index (χ1n) is 8.15. The molecule has 1 amide bonds. The topological polar surface area (TPSA) is 67.3 Å². The molecule has 1 aromatic heterocycles. The molecule has 0 bridgehead atoms. The van der Waals surface area contributed by atoms with Gasteiger partial charge in [-0.3, -0.25) is 4.79 Å². The molecule has 0 spiro atoms. The van der Waals surface area contributed by atoms with E-state index in [1.165, 1.54) is 19.3 Å².